The summed E-state index contributed by atoms with van der Waals surface area (Å²) in [5.41, 5.74) is 3.39. The third-order valence-electron chi connectivity index (χ3n) is 5.44. The van der Waals surface area contributed by atoms with E-state index in [1.54, 1.807) is 19.2 Å². The molecule has 3 aromatic rings. The summed E-state index contributed by atoms with van der Waals surface area (Å²) in [5.74, 6) is 0.562. The fourth-order valence-electron chi connectivity index (χ4n) is 3.55. The van der Waals surface area contributed by atoms with Gasteiger partial charge < -0.3 is 10.6 Å². The van der Waals surface area contributed by atoms with Crippen LogP contribution in [0.1, 0.15) is 29.5 Å². The first kappa shape index (κ1) is 22.3. The first-order chi connectivity index (χ1) is 14.2. The molecule has 1 aliphatic carbocycles. The highest BCUT2D eigenvalue weighted by molar-refractivity contribution is 14.0. The molecule has 2 N–H and O–H groups in total. The molecule has 0 unspecified atom stereocenters. The fraction of sp³-hybridized carbons (Fsp3) is 0.304. The molecule has 0 atom stereocenters. The van der Waals surface area contributed by atoms with Gasteiger partial charge in [0.25, 0.3) is 0 Å². The second kappa shape index (κ2) is 10.1. The Kier molecular flexibility index (Phi) is 7.47. The van der Waals surface area contributed by atoms with Gasteiger partial charge in [-0.25, -0.2) is 4.39 Å². The van der Waals surface area contributed by atoms with Gasteiger partial charge in [-0.2, -0.15) is 5.10 Å². The van der Waals surface area contributed by atoms with Crippen molar-refractivity contribution >= 4 is 29.9 Å². The fourth-order valence-corrected chi connectivity index (χ4v) is 3.55. The van der Waals surface area contributed by atoms with Crippen molar-refractivity contribution < 1.29 is 4.39 Å². The lowest BCUT2D eigenvalue weighted by atomic mass is 9.96. The number of guanidine groups is 1. The Morgan fingerprint density at radius 1 is 1.10 bits per heavy atom. The molecule has 0 spiro atoms. The number of nitrogens with zero attached hydrogens (tertiary/aromatic N) is 3. The summed E-state index contributed by atoms with van der Waals surface area (Å²) in [6, 6.07) is 17.2. The number of rotatable bonds is 7. The van der Waals surface area contributed by atoms with E-state index < -0.39 is 0 Å². The van der Waals surface area contributed by atoms with Crippen molar-refractivity contribution in [2.75, 3.05) is 13.6 Å². The maximum atomic E-state index is 13.6. The van der Waals surface area contributed by atoms with Crippen molar-refractivity contribution in [3.05, 3.63) is 89.5 Å². The number of aromatic nitrogens is 2. The Morgan fingerprint density at radius 2 is 1.90 bits per heavy atom. The van der Waals surface area contributed by atoms with Crippen molar-refractivity contribution in [2.24, 2.45) is 4.99 Å². The van der Waals surface area contributed by atoms with Crippen LogP contribution >= 0.6 is 24.0 Å². The molecule has 1 saturated carbocycles. The van der Waals surface area contributed by atoms with Gasteiger partial charge in [-0.15, -0.1) is 24.0 Å². The number of halogens is 2. The molecule has 4 rings (SSSR count). The van der Waals surface area contributed by atoms with Crippen molar-refractivity contribution in [1.82, 2.24) is 20.4 Å². The molecular weight excluding hydrogens is 492 g/mol. The summed E-state index contributed by atoms with van der Waals surface area (Å²) in [6.45, 7) is 2.13. The Balaban J connectivity index is 0.00000256. The lowest BCUT2D eigenvalue weighted by Gasteiger charge is -2.19. The minimum atomic E-state index is -0.177. The zero-order chi connectivity index (χ0) is 20.1. The lowest BCUT2D eigenvalue weighted by Crippen LogP contribution is -2.40. The van der Waals surface area contributed by atoms with E-state index in [1.807, 2.05) is 41.3 Å². The summed E-state index contributed by atoms with van der Waals surface area (Å²) in [7, 11) is 1.76. The van der Waals surface area contributed by atoms with Gasteiger partial charge in [-0.05, 0) is 36.1 Å². The average Bonchev–Trinajstić information content (AvgIpc) is 3.41. The van der Waals surface area contributed by atoms with Crippen molar-refractivity contribution in [3.8, 4) is 0 Å². The van der Waals surface area contributed by atoms with E-state index in [2.05, 4.69) is 32.9 Å². The third kappa shape index (κ3) is 5.59. The van der Waals surface area contributed by atoms with E-state index in [0.717, 1.165) is 43.0 Å². The Bertz CT molecular complexity index is 982. The van der Waals surface area contributed by atoms with E-state index in [1.165, 1.54) is 11.6 Å². The largest absolute Gasteiger partial charge is 0.356 e. The summed E-state index contributed by atoms with van der Waals surface area (Å²) in [6.07, 6.45) is 6.04. The van der Waals surface area contributed by atoms with Gasteiger partial charge in [0.2, 0.25) is 0 Å². The maximum Gasteiger partial charge on any atom is 0.191 e. The van der Waals surface area contributed by atoms with Gasteiger partial charge in [0, 0.05) is 37.3 Å². The summed E-state index contributed by atoms with van der Waals surface area (Å²) >= 11 is 0. The standard InChI is InChI=1S/C23H26FN5.HI/c1-25-22(27-17-23(10-11-23)20-8-5-9-21(24)12-20)26-13-19-14-28-29(16-19)15-18-6-3-2-4-7-18;/h2-9,12,14,16H,10-11,13,15,17H2,1H3,(H2,25,26,27);1H. The third-order valence-corrected chi connectivity index (χ3v) is 5.44. The highest BCUT2D eigenvalue weighted by Gasteiger charge is 2.44. The van der Waals surface area contributed by atoms with Crippen LogP contribution in [-0.4, -0.2) is 29.3 Å². The van der Waals surface area contributed by atoms with Gasteiger partial charge in [-0.3, -0.25) is 9.67 Å². The molecule has 5 nitrogen and oxygen atoms in total. The van der Waals surface area contributed by atoms with Crippen molar-refractivity contribution in [1.29, 1.82) is 0 Å². The van der Waals surface area contributed by atoms with Crippen LogP contribution in [0.25, 0.3) is 0 Å². The van der Waals surface area contributed by atoms with E-state index >= 15 is 0 Å². The first-order valence-corrected chi connectivity index (χ1v) is 9.93. The number of benzene rings is 2. The predicted molar refractivity (Wildman–Crippen MR) is 129 cm³/mol. The van der Waals surface area contributed by atoms with Crippen LogP contribution in [0.5, 0.6) is 0 Å². The zero-order valence-corrected chi connectivity index (χ0v) is 19.3. The van der Waals surface area contributed by atoms with Gasteiger partial charge >= 0.3 is 0 Å². The van der Waals surface area contributed by atoms with E-state index in [9.17, 15) is 4.39 Å². The highest BCUT2D eigenvalue weighted by Crippen LogP contribution is 2.47. The highest BCUT2D eigenvalue weighted by atomic mass is 127. The van der Waals surface area contributed by atoms with Crippen molar-refractivity contribution in [2.45, 2.75) is 31.3 Å². The predicted octanol–water partition coefficient (Wildman–Crippen LogP) is 4.09. The molecule has 7 heteroatoms. The topological polar surface area (TPSA) is 54.2 Å². The SMILES string of the molecule is CN=C(NCc1cnn(Cc2ccccc2)c1)NCC1(c2cccc(F)c2)CC1.I. The van der Waals surface area contributed by atoms with Gasteiger partial charge in [0.05, 0.1) is 12.7 Å². The van der Waals surface area contributed by atoms with Crippen LogP contribution in [0.2, 0.25) is 0 Å². The molecule has 1 aromatic heterocycles. The summed E-state index contributed by atoms with van der Waals surface area (Å²) < 4.78 is 15.5. The molecule has 158 valence electrons. The Labute approximate surface area is 193 Å². The zero-order valence-electron chi connectivity index (χ0n) is 17.0. The van der Waals surface area contributed by atoms with Crippen LogP contribution in [0, 0.1) is 5.82 Å². The first-order valence-electron chi connectivity index (χ1n) is 9.93. The van der Waals surface area contributed by atoms with E-state index in [4.69, 9.17) is 0 Å². The molecule has 1 aliphatic rings. The van der Waals surface area contributed by atoms with Crippen LogP contribution in [-0.2, 0) is 18.5 Å². The lowest BCUT2D eigenvalue weighted by molar-refractivity contribution is 0.607. The monoisotopic (exact) mass is 519 g/mol. The van der Waals surface area contributed by atoms with Crippen LogP contribution in [0.15, 0.2) is 72.0 Å². The second-order valence-corrected chi connectivity index (χ2v) is 7.60. The Morgan fingerprint density at radius 3 is 2.60 bits per heavy atom. The average molecular weight is 519 g/mol. The molecule has 0 saturated heterocycles. The molecule has 0 radical (unpaired) electrons. The molecule has 0 bridgehead atoms. The molecule has 0 aliphatic heterocycles. The number of hydrogen-bond acceptors (Lipinski definition) is 2. The van der Waals surface area contributed by atoms with Crippen molar-refractivity contribution in [3.63, 3.8) is 0 Å². The minimum Gasteiger partial charge on any atom is -0.356 e. The number of nitrogens with one attached hydrogen (secondary N) is 2. The molecule has 1 heterocycles. The summed E-state index contributed by atoms with van der Waals surface area (Å²) in [4.78, 5) is 4.31. The van der Waals surface area contributed by atoms with E-state index in [-0.39, 0.29) is 35.2 Å². The van der Waals surface area contributed by atoms with Crippen LogP contribution < -0.4 is 10.6 Å². The molecule has 30 heavy (non-hydrogen) atoms. The van der Waals surface area contributed by atoms with Gasteiger partial charge in [0.1, 0.15) is 5.82 Å². The molecule has 0 amide bonds. The van der Waals surface area contributed by atoms with Gasteiger partial charge in [0.15, 0.2) is 5.96 Å². The molecule has 1 fully saturated rings. The second-order valence-electron chi connectivity index (χ2n) is 7.60. The quantitative estimate of drug-likeness (QED) is 0.281. The number of aliphatic imine (C=N–C) groups is 1. The molecular formula is C23H27FIN5. The normalized spacial score (nSPS) is 14.7. The number of hydrogen-bond donors (Lipinski definition) is 2. The Hall–Kier alpha value is -2.42. The summed E-state index contributed by atoms with van der Waals surface area (Å²) in [5, 5.41) is 11.2. The molecule has 2 aromatic carbocycles. The van der Waals surface area contributed by atoms with Gasteiger partial charge in [-0.1, -0.05) is 42.5 Å². The minimum absolute atomic E-state index is 0. The van der Waals surface area contributed by atoms with Crippen LogP contribution in [0.4, 0.5) is 4.39 Å². The van der Waals surface area contributed by atoms with E-state index in [0.29, 0.717) is 6.54 Å². The maximum absolute atomic E-state index is 13.6. The smallest absolute Gasteiger partial charge is 0.191 e. The van der Waals surface area contributed by atoms with Crippen LogP contribution in [0.3, 0.4) is 0 Å².